The Morgan fingerprint density at radius 3 is 2.69 bits per heavy atom. The molecule has 0 bridgehead atoms. The van der Waals surface area contributed by atoms with Gasteiger partial charge in [0, 0.05) is 11.0 Å². The molecule has 0 aromatic heterocycles. The standard InChI is InChI=1S/C11H14BrN/c1-4-5-13-11-9(3)6-8(2)7-10(11)12/h4,6-7,13H,1,5H2,2-3H3. The Morgan fingerprint density at radius 1 is 1.46 bits per heavy atom. The summed E-state index contributed by atoms with van der Waals surface area (Å²) >= 11 is 3.53. The topological polar surface area (TPSA) is 12.0 Å². The Labute approximate surface area is 88.0 Å². The van der Waals surface area contributed by atoms with Gasteiger partial charge in [-0.2, -0.15) is 0 Å². The van der Waals surface area contributed by atoms with Crippen LogP contribution in [0.2, 0.25) is 0 Å². The summed E-state index contributed by atoms with van der Waals surface area (Å²) < 4.78 is 1.12. The first-order valence-corrected chi connectivity index (χ1v) is 5.06. The molecule has 0 heterocycles. The number of halogens is 1. The lowest BCUT2D eigenvalue weighted by molar-refractivity contribution is 1.27. The van der Waals surface area contributed by atoms with Crippen molar-refractivity contribution >= 4 is 21.6 Å². The molecule has 1 aromatic rings. The molecule has 0 spiro atoms. The molecule has 1 nitrogen and oxygen atoms in total. The predicted octanol–water partition coefficient (Wildman–Crippen LogP) is 3.66. The van der Waals surface area contributed by atoms with E-state index in [4.69, 9.17) is 0 Å². The molecule has 0 atom stereocenters. The number of hydrogen-bond acceptors (Lipinski definition) is 1. The van der Waals surface area contributed by atoms with Crippen LogP contribution in [0.15, 0.2) is 29.3 Å². The van der Waals surface area contributed by atoms with Gasteiger partial charge in [-0.05, 0) is 47.0 Å². The van der Waals surface area contributed by atoms with Crippen molar-refractivity contribution in [3.05, 3.63) is 40.4 Å². The van der Waals surface area contributed by atoms with E-state index in [1.807, 2.05) is 6.08 Å². The third-order valence-corrected chi connectivity index (χ3v) is 2.48. The minimum atomic E-state index is 0.794. The molecule has 1 N–H and O–H groups in total. The molecular formula is C11H14BrN. The van der Waals surface area contributed by atoms with E-state index in [9.17, 15) is 0 Å². The van der Waals surface area contributed by atoms with Gasteiger partial charge in [-0.15, -0.1) is 6.58 Å². The van der Waals surface area contributed by atoms with E-state index >= 15 is 0 Å². The lowest BCUT2D eigenvalue weighted by Gasteiger charge is -2.10. The van der Waals surface area contributed by atoms with Crippen molar-refractivity contribution in [1.29, 1.82) is 0 Å². The Kier molecular flexibility index (Phi) is 3.55. The van der Waals surface area contributed by atoms with Gasteiger partial charge in [0.2, 0.25) is 0 Å². The van der Waals surface area contributed by atoms with Crippen molar-refractivity contribution in [1.82, 2.24) is 0 Å². The third kappa shape index (κ3) is 2.59. The first kappa shape index (κ1) is 10.3. The third-order valence-electron chi connectivity index (χ3n) is 1.85. The SMILES string of the molecule is C=CCNc1c(C)cc(C)cc1Br. The first-order valence-electron chi connectivity index (χ1n) is 4.26. The van der Waals surface area contributed by atoms with Crippen LogP contribution in [0.25, 0.3) is 0 Å². The summed E-state index contributed by atoms with van der Waals surface area (Å²) in [5.41, 5.74) is 3.69. The number of hydrogen-bond donors (Lipinski definition) is 1. The predicted molar refractivity (Wildman–Crippen MR) is 62.3 cm³/mol. The van der Waals surface area contributed by atoms with Gasteiger partial charge in [0.15, 0.2) is 0 Å². The zero-order chi connectivity index (χ0) is 9.84. The molecule has 0 fully saturated rings. The summed E-state index contributed by atoms with van der Waals surface area (Å²) in [6.07, 6.45) is 1.85. The Bertz CT molecular complexity index is 295. The van der Waals surface area contributed by atoms with Gasteiger partial charge in [0.1, 0.15) is 0 Å². The van der Waals surface area contributed by atoms with Crippen LogP contribution in [-0.2, 0) is 0 Å². The number of benzene rings is 1. The average Bonchev–Trinajstić information content (AvgIpc) is 2.02. The van der Waals surface area contributed by atoms with Gasteiger partial charge in [-0.3, -0.25) is 0 Å². The van der Waals surface area contributed by atoms with Crippen molar-refractivity contribution in [2.45, 2.75) is 13.8 Å². The van der Waals surface area contributed by atoms with Gasteiger partial charge in [0.25, 0.3) is 0 Å². The highest BCUT2D eigenvalue weighted by molar-refractivity contribution is 9.10. The second kappa shape index (κ2) is 4.47. The molecule has 0 aliphatic heterocycles. The highest BCUT2D eigenvalue weighted by atomic mass is 79.9. The summed E-state index contributed by atoms with van der Waals surface area (Å²) in [5.74, 6) is 0. The molecular weight excluding hydrogens is 226 g/mol. The van der Waals surface area contributed by atoms with E-state index in [2.05, 4.69) is 53.8 Å². The maximum atomic E-state index is 3.67. The fourth-order valence-electron chi connectivity index (χ4n) is 1.31. The van der Waals surface area contributed by atoms with E-state index in [1.165, 1.54) is 11.1 Å². The first-order chi connectivity index (χ1) is 6.15. The van der Waals surface area contributed by atoms with Gasteiger partial charge in [-0.1, -0.05) is 12.1 Å². The van der Waals surface area contributed by atoms with Crippen molar-refractivity contribution < 1.29 is 0 Å². The largest absolute Gasteiger partial charge is 0.380 e. The fraction of sp³-hybridized carbons (Fsp3) is 0.273. The highest BCUT2D eigenvalue weighted by Gasteiger charge is 2.02. The van der Waals surface area contributed by atoms with Gasteiger partial charge in [0.05, 0.1) is 5.69 Å². The molecule has 1 aromatic carbocycles. The van der Waals surface area contributed by atoms with Crippen LogP contribution in [-0.4, -0.2) is 6.54 Å². The summed E-state index contributed by atoms with van der Waals surface area (Å²) in [6.45, 7) is 8.66. The van der Waals surface area contributed by atoms with Crippen LogP contribution < -0.4 is 5.32 Å². The second-order valence-corrected chi connectivity index (χ2v) is 3.96. The van der Waals surface area contributed by atoms with Crippen LogP contribution in [0.5, 0.6) is 0 Å². The van der Waals surface area contributed by atoms with Crippen LogP contribution in [0.1, 0.15) is 11.1 Å². The highest BCUT2D eigenvalue weighted by Crippen LogP contribution is 2.27. The van der Waals surface area contributed by atoms with Crippen molar-refractivity contribution in [2.24, 2.45) is 0 Å². The molecule has 1 rings (SSSR count). The number of nitrogens with one attached hydrogen (secondary N) is 1. The van der Waals surface area contributed by atoms with E-state index < -0.39 is 0 Å². The van der Waals surface area contributed by atoms with Crippen molar-refractivity contribution in [3.8, 4) is 0 Å². The van der Waals surface area contributed by atoms with Crippen LogP contribution in [0.3, 0.4) is 0 Å². The van der Waals surface area contributed by atoms with Gasteiger partial charge >= 0.3 is 0 Å². The van der Waals surface area contributed by atoms with Crippen molar-refractivity contribution in [2.75, 3.05) is 11.9 Å². The number of aryl methyl sites for hydroxylation is 2. The number of anilines is 1. The summed E-state index contributed by atoms with van der Waals surface area (Å²) in [4.78, 5) is 0. The Morgan fingerprint density at radius 2 is 2.15 bits per heavy atom. The average molecular weight is 240 g/mol. The lowest BCUT2D eigenvalue weighted by atomic mass is 10.1. The summed E-state index contributed by atoms with van der Waals surface area (Å²) in [6, 6.07) is 4.27. The molecule has 0 unspecified atom stereocenters. The van der Waals surface area contributed by atoms with Crippen LogP contribution in [0.4, 0.5) is 5.69 Å². The Balaban J connectivity index is 2.98. The molecule has 0 amide bonds. The molecule has 70 valence electrons. The zero-order valence-electron chi connectivity index (χ0n) is 8.02. The van der Waals surface area contributed by atoms with Gasteiger partial charge < -0.3 is 5.32 Å². The van der Waals surface area contributed by atoms with E-state index in [0.717, 1.165) is 16.7 Å². The minimum Gasteiger partial charge on any atom is -0.380 e. The molecule has 0 aliphatic carbocycles. The molecule has 13 heavy (non-hydrogen) atoms. The Hall–Kier alpha value is -0.760. The monoisotopic (exact) mass is 239 g/mol. The van der Waals surface area contributed by atoms with Crippen LogP contribution in [0, 0.1) is 13.8 Å². The normalized spacial score (nSPS) is 9.77. The van der Waals surface area contributed by atoms with E-state index in [1.54, 1.807) is 0 Å². The maximum absolute atomic E-state index is 3.67. The smallest absolute Gasteiger partial charge is 0.0516 e. The van der Waals surface area contributed by atoms with Gasteiger partial charge in [-0.25, -0.2) is 0 Å². The maximum Gasteiger partial charge on any atom is 0.0516 e. The number of rotatable bonds is 3. The second-order valence-electron chi connectivity index (χ2n) is 3.11. The molecule has 0 radical (unpaired) electrons. The summed E-state index contributed by atoms with van der Waals surface area (Å²) in [7, 11) is 0. The van der Waals surface area contributed by atoms with Crippen LogP contribution >= 0.6 is 15.9 Å². The lowest BCUT2D eigenvalue weighted by Crippen LogP contribution is -2.00. The minimum absolute atomic E-state index is 0.794. The van der Waals surface area contributed by atoms with Crippen molar-refractivity contribution in [3.63, 3.8) is 0 Å². The molecule has 0 saturated carbocycles. The quantitative estimate of drug-likeness (QED) is 0.795. The molecule has 0 saturated heterocycles. The molecule has 0 aliphatic rings. The molecule has 2 heteroatoms. The fourth-order valence-corrected chi connectivity index (χ4v) is 2.13. The van der Waals surface area contributed by atoms with E-state index in [-0.39, 0.29) is 0 Å². The summed E-state index contributed by atoms with van der Waals surface area (Å²) in [5, 5.41) is 3.29. The van der Waals surface area contributed by atoms with E-state index in [0.29, 0.717) is 0 Å². The zero-order valence-corrected chi connectivity index (χ0v) is 9.61.